The van der Waals surface area contributed by atoms with Crippen LogP contribution in [0, 0.1) is 5.92 Å². The first kappa shape index (κ1) is 14.6. The molecule has 1 N–H and O–H groups in total. The molecule has 3 rings (SSSR count). The zero-order valence-electron chi connectivity index (χ0n) is 13.2. The molecule has 2 nitrogen and oxygen atoms in total. The van der Waals surface area contributed by atoms with Gasteiger partial charge in [0.2, 0.25) is 0 Å². The zero-order chi connectivity index (χ0) is 14.7. The smallest absolute Gasteiger partial charge is 0.0374 e. The lowest BCUT2D eigenvalue weighted by Gasteiger charge is -2.38. The average molecular weight is 282 g/mol. The molecule has 1 fully saturated rings. The molecule has 1 heterocycles. The Morgan fingerprint density at radius 2 is 1.76 bits per heavy atom. The topological polar surface area (TPSA) is 15.3 Å². The Bertz CT molecular complexity index is 587. The molecule has 0 aromatic heterocycles. The minimum absolute atomic E-state index is 0.543. The van der Waals surface area contributed by atoms with Gasteiger partial charge in [0.25, 0.3) is 0 Å². The SMILES string of the molecule is CCC(C)[C@H](c1ccc2ccccc2c1)N1CCNCC1. The van der Waals surface area contributed by atoms with Gasteiger partial charge in [-0.25, -0.2) is 0 Å². The summed E-state index contributed by atoms with van der Waals surface area (Å²) in [6.45, 7) is 9.23. The number of hydrogen-bond donors (Lipinski definition) is 1. The third-order valence-corrected chi connectivity index (χ3v) is 4.84. The molecular weight excluding hydrogens is 256 g/mol. The standard InChI is InChI=1S/C19H26N2/c1-3-15(2)19(21-12-10-20-11-13-21)18-9-8-16-6-4-5-7-17(16)14-18/h4-9,14-15,19-20H,3,10-13H2,1-2H3/t15?,19-/m1/s1. The van der Waals surface area contributed by atoms with Crippen molar-refractivity contribution in [2.24, 2.45) is 5.92 Å². The Kier molecular flexibility index (Phi) is 4.57. The van der Waals surface area contributed by atoms with Crippen LogP contribution in [0.25, 0.3) is 10.8 Å². The van der Waals surface area contributed by atoms with E-state index >= 15 is 0 Å². The molecule has 2 aromatic carbocycles. The molecule has 2 aromatic rings. The summed E-state index contributed by atoms with van der Waals surface area (Å²) in [5.74, 6) is 0.685. The van der Waals surface area contributed by atoms with Crippen LogP contribution in [0.1, 0.15) is 31.9 Å². The lowest BCUT2D eigenvalue weighted by atomic mass is 9.89. The van der Waals surface area contributed by atoms with Crippen LogP contribution < -0.4 is 5.32 Å². The van der Waals surface area contributed by atoms with Crippen LogP contribution in [0.5, 0.6) is 0 Å². The van der Waals surface area contributed by atoms with Gasteiger partial charge in [-0.1, -0.05) is 56.7 Å². The largest absolute Gasteiger partial charge is 0.314 e. The van der Waals surface area contributed by atoms with Crippen molar-refractivity contribution in [2.45, 2.75) is 26.3 Å². The summed E-state index contributed by atoms with van der Waals surface area (Å²) in [4.78, 5) is 2.66. The molecule has 112 valence electrons. The summed E-state index contributed by atoms with van der Waals surface area (Å²) in [5.41, 5.74) is 1.48. The molecule has 0 bridgehead atoms. The number of nitrogens with one attached hydrogen (secondary N) is 1. The van der Waals surface area contributed by atoms with Crippen LogP contribution in [0.2, 0.25) is 0 Å². The van der Waals surface area contributed by atoms with Crippen LogP contribution in [0.4, 0.5) is 0 Å². The van der Waals surface area contributed by atoms with E-state index in [1.807, 2.05) is 0 Å². The van der Waals surface area contributed by atoms with Gasteiger partial charge in [-0.05, 0) is 28.3 Å². The van der Waals surface area contributed by atoms with Gasteiger partial charge < -0.3 is 5.32 Å². The summed E-state index contributed by atoms with van der Waals surface area (Å²) >= 11 is 0. The van der Waals surface area contributed by atoms with Crippen LogP contribution in [0.3, 0.4) is 0 Å². The molecule has 0 radical (unpaired) electrons. The van der Waals surface area contributed by atoms with Crippen molar-refractivity contribution in [1.82, 2.24) is 10.2 Å². The highest BCUT2D eigenvalue weighted by Gasteiger charge is 2.26. The van der Waals surface area contributed by atoms with Crippen molar-refractivity contribution >= 4 is 10.8 Å². The molecule has 1 aliphatic rings. The van der Waals surface area contributed by atoms with E-state index < -0.39 is 0 Å². The fourth-order valence-electron chi connectivity index (χ4n) is 3.47. The first-order valence-electron chi connectivity index (χ1n) is 8.23. The number of piperazine rings is 1. The van der Waals surface area contributed by atoms with E-state index in [-0.39, 0.29) is 0 Å². The minimum Gasteiger partial charge on any atom is -0.314 e. The molecule has 2 atom stereocenters. The Morgan fingerprint density at radius 3 is 2.48 bits per heavy atom. The van der Waals surface area contributed by atoms with Gasteiger partial charge in [0, 0.05) is 32.2 Å². The monoisotopic (exact) mass is 282 g/mol. The second kappa shape index (κ2) is 6.59. The normalized spacial score (nSPS) is 19.5. The van der Waals surface area contributed by atoms with Crippen molar-refractivity contribution in [2.75, 3.05) is 26.2 Å². The summed E-state index contributed by atoms with van der Waals surface area (Å²) in [7, 11) is 0. The van der Waals surface area contributed by atoms with Gasteiger partial charge in [-0.3, -0.25) is 4.90 Å². The van der Waals surface area contributed by atoms with Gasteiger partial charge in [0.15, 0.2) is 0 Å². The highest BCUT2D eigenvalue weighted by atomic mass is 15.2. The molecule has 21 heavy (non-hydrogen) atoms. The number of rotatable bonds is 4. The fraction of sp³-hybridized carbons (Fsp3) is 0.474. The first-order valence-corrected chi connectivity index (χ1v) is 8.23. The predicted molar refractivity (Wildman–Crippen MR) is 90.6 cm³/mol. The third kappa shape index (κ3) is 3.12. The van der Waals surface area contributed by atoms with Crippen LogP contribution in [0.15, 0.2) is 42.5 Å². The molecule has 0 saturated carbocycles. The molecule has 1 unspecified atom stereocenters. The van der Waals surface area contributed by atoms with Crippen molar-refractivity contribution < 1.29 is 0 Å². The van der Waals surface area contributed by atoms with Crippen molar-refractivity contribution in [3.63, 3.8) is 0 Å². The summed E-state index contributed by atoms with van der Waals surface area (Å²) < 4.78 is 0. The quantitative estimate of drug-likeness (QED) is 0.917. The van der Waals surface area contributed by atoms with E-state index in [0.717, 1.165) is 26.2 Å². The highest BCUT2D eigenvalue weighted by molar-refractivity contribution is 5.83. The van der Waals surface area contributed by atoms with E-state index in [4.69, 9.17) is 0 Å². The molecule has 0 aliphatic carbocycles. The van der Waals surface area contributed by atoms with E-state index in [1.165, 1.54) is 22.8 Å². The van der Waals surface area contributed by atoms with Crippen molar-refractivity contribution in [3.05, 3.63) is 48.0 Å². The Hall–Kier alpha value is -1.38. The second-order valence-corrected chi connectivity index (χ2v) is 6.22. The zero-order valence-corrected chi connectivity index (χ0v) is 13.2. The number of nitrogens with zero attached hydrogens (tertiary/aromatic N) is 1. The van der Waals surface area contributed by atoms with E-state index in [9.17, 15) is 0 Å². The van der Waals surface area contributed by atoms with Gasteiger partial charge in [-0.15, -0.1) is 0 Å². The number of fused-ring (bicyclic) bond motifs is 1. The third-order valence-electron chi connectivity index (χ3n) is 4.84. The number of hydrogen-bond acceptors (Lipinski definition) is 2. The lowest BCUT2D eigenvalue weighted by molar-refractivity contribution is 0.128. The van der Waals surface area contributed by atoms with Crippen molar-refractivity contribution in [1.29, 1.82) is 0 Å². The molecule has 0 spiro atoms. The Balaban J connectivity index is 1.96. The summed E-state index contributed by atoms with van der Waals surface area (Å²) in [6.07, 6.45) is 1.22. The molecular formula is C19H26N2. The average Bonchev–Trinajstić information content (AvgIpc) is 2.56. The van der Waals surface area contributed by atoms with E-state index in [1.54, 1.807) is 0 Å². The predicted octanol–water partition coefficient (Wildman–Crippen LogP) is 3.83. The minimum atomic E-state index is 0.543. The maximum atomic E-state index is 3.47. The molecule has 1 saturated heterocycles. The maximum absolute atomic E-state index is 3.47. The van der Waals surface area contributed by atoms with Gasteiger partial charge in [0.1, 0.15) is 0 Å². The molecule has 2 heteroatoms. The van der Waals surface area contributed by atoms with Crippen LogP contribution in [-0.2, 0) is 0 Å². The van der Waals surface area contributed by atoms with Crippen LogP contribution >= 0.6 is 0 Å². The number of benzene rings is 2. The van der Waals surface area contributed by atoms with E-state index in [2.05, 4.69) is 66.5 Å². The fourth-order valence-corrected chi connectivity index (χ4v) is 3.47. The molecule has 1 aliphatic heterocycles. The lowest BCUT2D eigenvalue weighted by Crippen LogP contribution is -2.46. The molecule has 0 amide bonds. The second-order valence-electron chi connectivity index (χ2n) is 6.22. The highest BCUT2D eigenvalue weighted by Crippen LogP contribution is 2.32. The Labute approximate surface area is 128 Å². The van der Waals surface area contributed by atoms with Gasteiger partial charge in [0.05, 0.1) is 0 Å². The van der Waals surface area contributed by atoms with Gasteiger partial charge >= 0.3 is 0 Å². The van der Waals surface area contributed by atoms with Gasteiger partial charge in [-0.2, -0.15) is 0 Å². The summed E-state index contributed by atoms with van der Waals surface area (Å²) in [6, 6.07) is 16.2. The maximum Gasteiger partial charge on any atom is 0.0374 e. The summed E-state index contributed by atoms with van der Waals surface area (Å²) in [5, 5.41) is 6.16. The first-order chi connectivity index (χ1) is 10.3. The van der Waals surface area contributed by atoms with Crippen molar-refractivity contribution in [3.8, 4) is 0 Å². The Morgan fingerprint density at radius 1 is 1.05 bits per heavy atom. The van der Waals surface area contributed by atoms with E-state index in [0.29, 0.717) is 12.0 Å². The van der Waals surface area contributed by atoms with Crippen LogP contribution in [-0.4, -0.2) is 31.1 Å².